The zero-order chi connectivity index (χ0) is 11.1. The Morgan fingerprint density at radius 2 is 2.07 bits per heavy atom. The van der Waals surface area contributed by atoms with Crippen LogP contribution in [-0.4, -0.2) is 27.3 Å². The lowest BCUT2D eigenvalue weighted by Crippen LogP contribution is -2.09. The normalized spacial score (nSPS) is 9.80. The molecule has 0 heterocycles. The molecular weight excluding hydrogens is 192 g/mol. The molecule has 0 aliphatic heterocycles. The molecule has 0 amide bonds. The van der Waals surface area contributed by atoms with Crippen LogP contribution in [0.5, 0.6) is 11.5 Å². The number of anilines is 1. The SMILES string of the molecule is COc1ccc(NCCCN)c(OC)c1. The highest BCUT2D eigenvalue weighted by Gasteiger charge is 2.03. The predicted octanol–water partition coefficient (Wildman–Crippen LogP) is 1.46. The second-order valence-corrected chi connectivity index (χ2v) is 3.14. The van der Waals surface area contributed by atoms with E-state index in [1.54, 1.807) is 14.2 Å². The minimum Gasteiger partial charge on any atom is -0.497 e. The van der Waals surface area contributed by atoms with Crippen molar-refractivity contribution >= 4 is 5.69 Å². The van der Waals surface area contributed by atoms with E-state index in [9.17, 15) is 0 Å². The van der Waals surface area contributed by atoms with Gasteiger partial charge < -0.3 is 20.5 Å². The molecule has 0 radical (unpaired) electrons. The topological polar surface area (TPSA) is 56.5 Å². The molecule has 0 aliphatic carbocycles. The van der Waals surface area contributed by atoms with Crippen LogP contribution in [0.4, 0.5) is 5.69 Å². The monoisotopic (exact) mass is 210 g/mol. The second-order valence-electron chi connectivity index (χ2n) is 3.14. The van der Waals surface area contributed by atoms with Crippen molar-refractivity contribution in [1.29, 1.82) is 0 Å². The lowest BCUT2D eigenvalue weighted by atomic mass is 10.2. The van der Waals surface area contributed by atoms with Crippen molar-refractivity contribution in [2.75, 3.05) is 32.6 Å². The number of hydrogen-bond acceptors (Lipinski definition) is 4. The van der Waals surface area contributed by atoms with Crippen LogP contribution in [0.1, 0.15) is 6.42 Å². The van der Waals surface area contributed by atoms with Gasteiger partial charge in [0.2, 0.25) is 0 Å². The molecule has 1 aromatic carbocycles. The fraction of sp³-hybridized carbons (Fsp3) is 0.455. The molecule has 0 spiro atoms. The molecule has 4 heteroatoms. The molecule has 0 aliphatic rings. The highest BCUT2D eigenvalue weighted by Crippen LogP contribution is 2.28. The molecule has 3 N–H and O–H groups in total. The molecule has 1 rings (SSSR count). The van der Waals surface area contributed by atoms with Crippen molar-refractivity contribution in [3.05, 3.63) is 18.2 Å². The van der Waals surface area contributed by atoms with Gasteiger partial charge in [-0.1, -0.05) is 0 Å². The molecule has 0 fully saturated rings. The Hall–Kier alpha value is -1.42. The summed E-state index contributed by atoms with van der Waals surface area (Å²) in [6, 6.07) is 5.69. The van der Waals surface area contributed by atoms with E-state index < -0.39 is 0 Å². The summed E-state index contributed by atoms with van der Waals surface area (Å²) >= 11 is 0. The quantitative estimate of drug-likeness (QED) is 0.698. The lowest BCUT2D eigenvalue weighted by Gasteiger charge is -2.11. The van der Waals surface area contributed by atoms with Gasteiger partial charge in [0.25, 0.3) is 0 Å². The summed E-state index contributed by atoms with van der Waals surface area (Å²) in [5, 5.41) is 3.26. The highest BCUT2D eigenvalue weighted by atomic mass is 16.5. The van der Waals surface area contributed by atoms with Crippen molar-refractivity contribution in [3.63, 3.8) is 0 Å². The Kier molecular flexibility index (Phi) is 4.77. The van der Waals surface area contributed by atoms with E-state index >= 15 is 0 Å². The zero-order valence-corrected chi connectivity index (χ0v) is 9.25. The first-order chi connectivity index (χ1) is 7.31. The summed E-state index contributed by atoms with van der Waals surface area (Å²) in [6.07, 6.45) is 0.940. The van der Waals surface area contributed by atoms with Crippen LogP contribution in [0.25, 0.3) is 0 Å². The van der Waals surface area contributed by atoms with Crippen molar-refractivity contribution in [2.24, 2.45) is 5.73 Å². The van der Waals surface area contributed by atoms with Crippen LogP contribution >= 0.6 is 0 Å². The van der Waals surface area contributed by atoms with Crippen LogP contribution in [0, 0.1) is 0 Å². The highest BCUT2D eigenvalue weighted by molar-refractivity contribution is 5.59. The maximum Gasteiger partial charge on any atom is 0.145 e. The van der Waals surface area contributed by atoms with Gasteiger partial charge in [0.1, 0.15) is 11.5 Å². The van der Waals surface area contributed by atoms with E-state index in [1.165, 1.54) is 0 Å². The summed E-state index contributed by atoms with van der Waals surface area (Å²) < 4.78 is 10.4. The first-order valence-electron chi connectivity index (χ1n) is 4.97. The van der Waals surface area contributed by atoms with Gasteiger partial charge in [-0.25, -0.2) is 0 Å². The minimum atomic E-state index is 0.686. The Labute approximate surface area is 90.4 Å². The first-order valence-corrected chi connectivity index (χ1v) is 4.97. The number of methoxy groups -OCH3 is 2. The van der Waals surface area contributed by atoms with Crippen molar-refractivity contribution in [1.82, 2.24) is 0 Å². The molecule has 0 saturated heterocycles. The Bertz CT molecular complexity index is 303. The number of ether oxygens (including phenoxy) is 2. The molecule has 4 nitrogen and oxygen atoms in total. The summed E-state index contributed by atoms with van der Waals surface area (Å²) in [5.74, 6) is 1.57. The second kappa shape index (κ2) is 6.14. The van der Waals surface area contributed by atoms with E-state index in [0.717, 1.165) is 30.2 Å². The smallest absolute Gasteiger partial charge is 0.145 e. The van der Waals surface area contributed by atoms with Crippen LogP contribution < -0.4 is 20.5 Å². The first kappa shape index (κ1) is 11.7. The number of hydrogen-bond donors (Lipinski definition) is 2. The standard InChI is InChI=1S/C11H18N2O2/c1-14-9-4-5-10(11(8-9)15-2)13-7-3-6-12/h4-5,8,13H,3,6-7,12H2,1-2H3. The van der Waals surface area contributed by atoms with Gasteiger partial charge in [-0.2, -0.15) is 0 Å². The summed E-state index contributed by atoms with van der Waals surface area (Å²) in [6.45, 7) is 1.53. The van der Waals surface area contributed by atoms with E-state index in [2.05, 4.69) is 5.32 Å². The zero-order valence-electron chi connectivity index (χ0n) is 9.25. The third-order valence-electron chi connectivity index (χ3n) is 2.11. The largest absolute Gasteiger partial charge is 0.497 e. The summed E-state index contributed by atoms with van der Waals surface area (Å²) in [7, 11) is 3.28. The molecular formula is C11H18N2O2. The third-order valence-corrected chi connectivity index (χ3v) is 2.11. The van der Waals surface area contributed by atoms with Crippen LogP contribution in [-0.2, 0) is 0 Å². The molecule has 15 heavy (non-hydrogen) atoms. The average Bonchev–Trinajstić information content (AvgIpc) is 2.29. The fourth-order valence-corrected chi connectivity index (χ4v) is 1.27. The van der Waals surface area contributed by atoms with Crippen LogP contribution in [0.15, 0.2) is 18.2 Å². The van der Waals surface area contributed by atoms with Crippen molar-refractivity contribution in [2.45, 2.75) is 6.42 Å². The summed E-state index contributed by atoms with van der Waals surface area (Å²) in [4.78, 5) is 0. The Morgan fingerprint density at radius 3 is 2.67 bits per heavy atom. The van der Waals surface area contributed by atoms with Gasteiger partial charge >= 0.3 is 0 Å². The molecule has 0 saturated carbocycles. The maximum absolute atomic E-state index is 5.42. The molecule has 0 aromatic heterocycles. The number of rotatable bonds is 6. The predicted molar refractivity (Wildman–Crippen MR) is 61.7 cm³/mol. The molecule has 0 unspecified atom stereocenters. The van der Waals surface area contributed by atoms with Crippen molar-refractivity contribution < 1.29 is 9.47 Å². The van der Waals surface area contributed by atoms with Gasteiger partial charge in [0.15, 0.2) is 0 Å². The molecule has 0 bridgehead atoms. The average molecular weight is 210 g/mol. The number of benzene rings is 1. The lowest BCUT2D eigenvalue weighted by molar-refractivity contribution is 0.395. The minimum absolute atomic E-state index is 0.686. The van der Waals surface area contributed by atoms with E-state index in [-0.39, 0.29) is 0 Å². The van der Waals surface area contributed by atoms with Crippen LogP contribution in [0.2, 0.25) is 0 Å². The third kappa shape index (κ3) is 3.32. The molecule has 1 aromatic rings. The number of nitrogens with one attached hydrogen (secondary N) is 1. The fourth-order valence-electron chi connectivity index (χ4n) is 1.27. The molecule has 84 valence electrons. The molecule has 0 atom stereocenters. The van der Waals surface area contributed by atoms with Gasteiger partial charge in [0.05, 0.1) is 19.9 Å². The van der Waals surface area contributed by atoms with Gasteiger partial charge in [0, 0.05) is 12.6 Å². The Balaban J connectivity index is 2.69. The maximum atomic E-state index is 5.42. The van der Waals surface area contributed by atoms with E-state index in [1.807, 2.05) is 18.2 Å². The van der Waals surface area contributed by atoms with Crippen molar-refractivity contribution in [3.8, 4) is 11.5 Å². The van der Waals surface area contributed by atoms with Gasteiger partial charge in [-0.3, -0.25) is 0 Å². The summed E-state index contributed by atoms with van der Waals surface area (Å²) in [5.41, 5.74) is 6.38. The van der Waals surface area contributed by atoms with Crippen LogP contribution in [0.3, 0.4) is 0 Å². The van der Waals surface area contributed by atoms with Gasteiger partial charge in [-0.15, -0.1) is 0 Å². The Morgan fingerprint density at radius 1 is 1.27 bits per heavy atom. The van der Waals surface area contributed by atoms with E-state index in [0.29, 0.717) is 6.54 Å². The van der Waals surface area contributed by atoms with Gasteiger partial charge in [-0.05, 0) is 25.1 Å². The van der Waals surface area contributed by atoms with E-state index in [4.69, 9.17) is 15.2 Å². The number of nitrogens with two attached hydrogens (primary N) is 1.